The Morgan fingerprint density at radius 1 is 1.05 bits per heavy atom. The number of phenols is 1. The highest BCUT2D eigenvalue weighted by Crippen LogP contribution is 2.27. The van der Waals surface area contributed by atoms with E-state index in [4.69, 9.17) is 5.11 Å². The van der Waals surface area contributed by atoms with Crippen molar-refractivity contribution in [1.29, 1.82) is 0 Å². The summed E-state index contributed by atoms with van der Waals surface area (Å²) in [5.74, 6) is -0.743. The molecular formula is C15H11NO3. The van der Waals surface area contributed by atoms with Crippen molar-refractivity contribution in [2.24, 2.45) is 0 Å². The number of rotatable bonds is 2. The molecule has 4 nitrogen and oxygen atoms in total. The monoisotopic (exact) mass is 253 g/mol. The van der Waals surface area contributed by atoms with Crippen molar-refractivity contribution in [2.75, 3.05) is 0 Å². The fourth-order valence-corrected chi connectivity index (χ4v) is 2.10. The number of hydrogen-bond donors (Lipinski definition) is 3. The summed E-state index contributed by atoms with van der Waals surface area (Å²) in [5, 5.41) is 19.3. The van der Waals surface area contributed by atoms with E-state index < -0.39 is 5.97 Å². The lowest BCUT2D eigenvalue weighted by atomic mass is 10.1. The summed E-state index contributed by atoms with van der Waals surface area (Å²) >= 11 is 0. The van der Waals surface area contributed by atoms with Crippen LogP contribution in [0.5, 0.6) is 5.75 Å². The molecule has 0 bridgehead atoms. The molecule has 2 aromatic carbocycles. The highest BCUT2D eigenvalue weighted by molar-refractivity contribution is 5.91. The number of carboxylic acid groups (broad SMARTS) is 1. The second kappa shape index (κ2) is 4.17. The molecule has 0 unspecified atom stereocenters. The molecule has 0 aliphatic rings. The summed E-state index contributed by atoms with van der Waals surface area (Å²) < 4.78 is 0. The Kier molecular flexibility index (Phi) is 2.49. The number of benzene rings is 2. The van der Waals surface area contributed by atoms with Gasteiger partial charge in [0.05, 0.1) is 5.56 Å². The zero-order valence-electron chi connectivity index (χ0n) is 9.92. The van der Waals surface area contributed by atoms with Crippen molar-refractivity contribution in [3.63, 3.8) is 0 Å². The minimum atomic E-state index is -0.949. The standard InChI is InChI=1S/C15H11NO3/c17-12-4-5-13-11(7-12)8-14(16-13)9-2-1-3-10(6-9)15(18)19/h1-8,16-17H,(H,18,19). The van der Waals surface area contributed by atoms with Crippen LogP contribution in [0.1, 0.15) is 10.4 Å². The van der Waals surface area contributed by atoms with Gasteiger partial charge in [-0.3, -0.25) is 0 Å². The molecule has 3 N–H and O–H groups in total. The fourth-order valence-electron chi connectivity index (χ4n) is 2.10. The Labute approximate surface area is 108 Å². The van der Waals surface area contributed by atoms with Crippen LogP contribution in [-0.2, 0) is 0 Å². The molecule has 1 aromatic heterocycles. The number of aromatic hydroxyl groups is 1. The van der Waals surface area contributed by atoms with E-state index in [1.165, 1.54) is 0 Å². The number of carbonyl (C=O) groups is 1. The van der Waals surface area contributed by atoms with E-state index in [2.05, 4.69) is 4.98 Å². The van der Waals surface area contributed by atoms with Crippen molar-refractivity contribution in [1.82, 2.24) is 4.98 Å². The first kappa shape index (κ1) is 11.3. The van der Waals surface area contributed by atoms with E-state index in [-0.39, 0.29) is 11.3 Å². The third-order valence-electron chi connectivity index (χ3n) is 3.02. The van der Waals surface area contributed by atoms with Gasteiger partial charge in [0.25, 0.3) is 0 Å². The zero-order valence-corrected chi connectivity index (χ0v) is 9.92. The first-order chi connectivity index (χ1) is 9.13. The second-order valence-corrected chi connectivity index (χ2v) is 4.34. The molecule has 1 heterocycles. The minimum Gasteiger partial charge on any atom is -0.508 e. The number of hydrogen-bond acceptors (Lipinski definition) is 2. The van der Waals surface area contributed by atoms with Crippen molar-refractivity contribution in [3.05, 3.63) is 54.1 Å². The fraction of sp³-hybridized carbons (Fsp3) is 0. The first-order valence-electron chi connectivity index (χ1n) is 5.79. The molecule has 0 saturated heterocycles. The normalized spacial score (nSPS) is 10.7. The maximum Gasteiger partial charge on any atom is 0.335 e. The maximum atomic E-state index is 11.0. The lowest BCUT2D eigenvalue weighted by molar-refractivity contribution is 0.0697. The quantitative estimate of drug-likeness (QED) is 0.656. The van der Waals surface area contributed by atoms with Crippen LogP contribution in [0.15, 0.2) is 48.5 Å². The van der Waals surface area contributed by atoms with Gasteiger partial charge < -0.3 is 15.2 Å². The van der Waals surface area contributed by atoms with Gasteiger partial charge in [0.15, 0.2) is 0 Å². The van der Waals surface area contributed by atoms with Gasteiger partial charge in [0, 0.05) is 16.6 Å². The van der Waals surface area contributed by atoms with E-state index in [1.54, 1.807) is 36.4 Å². The second-order valence-electron chi connectivity index (χ2n) is 4.34. The molecule has 3 aromatic rings. The van der Waals surface area contributed by atoms with Crippen LogP contribution in [0.3, 0.4) is 0 Å². The Hall–Kier alpha value is -2.75. The van der Waals surface area contributed by atoms with Gasteiger partial charge >= 0.3 is 5.97 Å². The summed E-state index contributed by atoms with van der Waals surface area (Å²) in [7, 11) is 0. The third-order valence-corrected chi connectivity index (χ3v) is 3.02. The lowest BCUT2D eigenvalue weighted by Crippen LogP contribution is -1.95. The van der Waals surface area contributed by atoms with Gasteiger partial charge in [0.1, 0.15) is 5.75 Å². The number of aromatic nitrogens is 1. The third kappa shape index (κ3) is 2.04. The van der Waals surface area contributed by atoms with Crippen molar-refractivity contribution in [2.45, 2.75) is 0 Å². The largest absolute Gasteiger partial charge is 0.508 e. The number of phenolic OH excluding ortho intramolecular Hbond substituents is 1. The summed E-state index contributed by atoms with van der Waals surface area (Å²) in [6.07, 6.45) is 0. The van der Waals surface area contributed by atoms with Gasteiger partial charge in [-0.05, 0) is 42.0 Å². The molecule has 0 spiro atoms. The predicted octanol–water partition coefficient (Wildman–Crippen LogP) is 3.24. The van der Waals surface area contributed by atoms with E-state index in [0.717, 1.165) is 22.2 Å². The van der Waals surface area contributed by atoms with Gasteiger partial charge in [0.2, 0.25) is 0 Å². The Balaban J connectivity index is 2.13. The first-order valence-corrected chi connectivity index (χ1v) is 5.79. The van der Waals surface area contributed by atoms with E-state index >= 15 is 0 Å². The van der Waals surface area contributed by atoms with E-state index in [0.29, 0.717) is 0 Å². The lowest BCUT2D eigenvalue weighted by Gasteiger charge is -1.99. The molecular weight excluding hydrogens is 242 g/mol. The molecule has 0 aliphatic carbocycles. The Morgan fingerprint density at radius 3 is 2.68 bits per heavy atom. The number of aromatic carboxylic acids is 1. The van der Waals surface area contributed by atoms with Crippen LogP contribution in [0.2, 0.25) is 0 Å². The molecule has 94 valence electrons. The summed E-state index contributed by atoms with van der Waals surface area (Å²) in [4.78, 5) is 14.2. The van der Waals surface area contributed by atoms with Crippen LogP contribution in [0.25, 0.3) is 22.2 Å². The van der Waals surface area contributed by atoms with Crippen molar-refractivity contribution in [3.8, 4) is 17.0 Å². The average molecular weight is 253 g/mol. The summed E-state index contributed by atoms with van der Waals surface area (Å²) in [5.41, 5.74) is 2.77. The number of carboxylic acids is 1. The minimum absolute atomic E-state index is 0.206. The molecule has 3 rings (SSSR count). The Morgan fingerprint density at radius 2 is 1.89 bits per heavy atom. The van der Waals surface area contributed by atoms with Gasteiger partial charge in [-0.2, -0.15) is 0 Å². The van der Waals surface area contributed by atoms with E-state index in [9.17, 15) is 9.90 Å². The van der Waals surface area contributed by atoms with E-state index in [1.807, 2.05) is 12.1 Å². The summed E-state index contributed by atoms with van der Waals surface area (Å²) in [6.45, 7) is 0. The maximum absolute atomic E-state index is 11.0. The molecule has 0 radical (unpaired) electrons. The zero-order chi connectivity index (χ0) is 13.4. The molecule has 0 amide bonds. The highest BCUT2D eigenvalue weighted by Gasteiger charge is 2.07. The number of H-pyrrole nitrogens is 1. The number of aromatic amines is 1. The van der Waals surface area contributed by atoms with Gasteiger partial charge in [-0.1, -0.05) is 12.1 Å². The van der Waals surface area contributed by atoms with Crippen LogP contribution < -0.4 is 0 Å². The molecule has 19 heavy (non-hydrogen) atoms. The summed E-state index contributed by atoms with van der Waals surface area (Å²) in [6, 6.07) is 13.7. The van der Waals surface area contributed by atoms with Crippen LogP contribution in [0, 0.1) is 0 Å². The topological polar surface area (TPSA) is 73.3 Å². The average Bonchev–Trinajstić information content (AvgIpc) is 2.81. The molecule has 0 saturated carbocycles. The molecule has 0 atom stereocenters. The molecule has 0 aliphatic heterocycles. The van der Waals surface area contributed by atoms with Crippen LogP contribution in [-0.4, -0.2) is 21.2 Å². The molecule has 4 heteroatoms. The number of nitrogens with one attached hydrogen (secondary N) is 1. The highest BCUT2D eigenvalue weighted by atomic mass is 16.4. The van der Waals surface area contributed by atoms with Crippen LogP contribution in [0.4, 0.5) is 0 Å². The smallest absolute Gasteiger partial charge is 0.335 e. The van der Waals surface area contributed by atoms with Crippen molar-refractivity contribution >= 4 is 16.9 Å². The predicted molar refractivity (Wildman–Crippen MR) is 72.4 cm³/mol. The molecule has 0 fully saturated rings. The van der Waals surface area contributed by atoms with Gasteiger partial charge in [-0.15, -0.1) is 0 Å². The number of fused-ring (bicyclic) bond motifs is 1. The van der Waals surface area contributed by atoms with Crippen molar-refractivity contribution < 1.29 is 15.0 Å². The SMILES string of the molecule is O=C(O)c1cccc(-c2cc3cc(O)ccc3[nH]2)c1. The van der Waals surface area contributed by atoms with Gasteiger partial charge in [-0.25, -0.2) is 4.79 Å². The Bertz CT molecular complexity index is 774. The van der Waals surface area contributed by atoms with Crippen LogP contribution >= 0.6 is 0 Å².